The summed E-state index contributed by atoms with van der Waals surface area (Å²) in [6.07, 6.45) is 0. The molecule has 0 unspecified atom stereocenters. The molecule has 0 radical (unpaired) electrons. The first kappa shape index (κ1) is 29.2. The van der Waals surface area contributed by atoms with E-state index in [0.29, 0.717) is 0 Å². The van der Waals surface area contributed by atoms with Gasteiger partial charge in [-0.1, -0.05) is 0 Å². The Labute approximate surface area is 103 Å². The van der Waals surface area contributed by atoms with Crippen LogP contribution in [0.15, 0.2) is 0 Å². The van der Waals surface area contributed by atoms with Crippen molar-refractivity contribution in [2.75, 3.05) is 0 Å². The summed E-state index contributed by atoms with van der Waals surface area (Å²) in [5.74, 6) is 0. The third kappa shape index (κ3) is 1360. The van der Waals surface area contributed by atoms with Gasteiger partial charge in [-0.2, -0.15) is 0 Å². The average Bonchev–Trinajstić information content (AvgIpc) is 1.12. The van der Waals surface area contributed by atoms with E-state index >= 15 is 0 Å². The zero-order valence-electron chi connectivity index (χ0n) is 6.00. The molecule has 0 bridgehead atoms. The van der Waals surface area contributed by atoms with Gasteiger partial charge in [0.15, 0.2) is 0 Å². The fourth-order valence-corrected chi connectivity index (χ4v) is 0. The van der Waals surface area contributed by atoms with E-state index in [1.54, 1.807) is 0 Å². The molecule has 0 saturated carbocycles. The Balaban J connectivity index is -0.0000000267. The Morgan fingerprint density at radius 1 is 0.692 bits per heavy atom. The van der Waals surface area contributed by atoms with Crippen molar-refractivity contribution in [1.29, 1.82) is 0 Å². The van der Waals surface area contributed by atoms with Gasteiger partial charge in [-0.15, -0.1) is 0 Å². The molecular formula is H2MgO9S2Zn. The van der Waals surface area contributed by atoms with E-state index < -0.39 is 20.8 Å². The van der Waals surface area contributed by atoms with Crippen LogP contribution in [0.1, 0.15) is 0 Å². The standard InChI is InChI=1S/Mg.2H2O4S.H2O.Zn/c;2*1-5(2,3)4;;/h;2*(H2,1,2,3,4);1H2;/q+2;;;;+2/p-4. The Morgan fingerprint density at radius 3 is 0.692 bits per heavy atom. The van der Waals surface area contributed by atoms with Gasteiger partial charge < -0.3 is 23.7 Å². The van der Waals surface area contributed by atoms with Gasteiger partial charge in [-0.05, 0) is 0 Å². The molecule has 0 aromatic carbocycles. The first-order valence-corrected chi connectivity index (χ1v) is 4.00. The van der Waals surface area contributed by atoms with Crippen LogP contribution in [0.5, 0.6) is 0 Å². The summed E-state index contributed by atoms with van der Waals surface area (Å²) in [4.78, 5) is 0. The van der Waals surface area contributed by atoms with Crippen molar-refractivity contribution in [2.45, 2.75) is 0 Å². The second kappa shape index (κ2) is 11.2. The quantitative estimate of drug-likeness (QED) is 0.246. The van der Waals surface area contributed by atoms with Crippen LogP contribution in [0.4, 0.5) is 0 Å². The summed E-state index contributed by atoms with van der Waals surface area (Å²) in [7, 11) is -10.3. The molecule has 0 aliphatic heterocycles. The molecule has 0 aromatic rings. The molecule has 0 aliphatic carbocycles. The Kier molecular flexibility index (Phi) is 25.1. The van der Waals surface area contributed by atoms with Crippen molar-refractivity contribution in [3.63, 3.8) is 0 Å². The van der Waals surface area contributed by atoms with Crippen LogP contribution in [0.25, 0.3) is 0 Å². The van der Waals surface area contributed by atoms with Crippen molar-refractivity contribution in [1.82, 2.24) is 0 Å². The van der Waals surface area contributed by atoms with Crippen molar-refractivity contribution in [2.24, 2.45) is 0 Å². The Hall–Kier alpha value is 1.09. The van der Waals surface area contributed by atoms with Crippen LogP contribution < -0.4 is 0 Å². The zero-order valence-corrected chi connectivity index (χ0v) is 12.0. The maximum Gasteiger partial charge on any atom is 2.00 e. The summed E-state index contributed by atoms with van der Waals surface area (Å²) < 4.78 is 68.2. The second-order valence-electron chi connectivity index (χ2n) is 0.816. The predicted molar refractivity (Wildman–Crippen MR) is 30.3 cm³/mol. The number of hydrogen-bond donors (Lipinski definition) is 0. The van der Waals surface area contributed by atoms with Crippen LogP contribution >= 0.6 is 0 Å². The maximum atomic E-state index is 8.52. The van der Waals surface area contributed by atoms with Gasteiger partial charge in [-0.3, -0.25) is 16.8 Å². The SMILES string of the molecule is O.O=S(=O)([O-])[O-].O=S(=O)([O-])[O-].[Mg+2].[Zn+2]. The van der Waals surface area contributed by atoms with Crippen LogP contribution in [-0.2, 0) is 40.3 Å². The monoisotopic (exact) mass is 298 g/mol. The minimum atomic E-state index is -5.17. The molecule has 0 aliphatic rings. The van der Waals surface area contributed by atoms with Crippen molar-refractivity contribution in [3.8, 4) is 0 Å². The van der Waals surface area contributed by atoms with Gasteiger partial charge in [0.1, 0.15) is 0 Å². The normalized spacial score (nSPS) is 8.92. The number of rotatable bonds is 0. The van der Waals surface area contributed by atoms with E-state index in [9.17, 15) is 0 Å². The zero-order chi connectivity index (χ0) is 9.00. The van der Waals surface area contributed by atoms with E-state index in [4.69, 9.17) is 35.0 Å². The summed E-state index contributed by atoms with van der Waals surface area (Å²) in [5.41, 5.74) is 0. The van der Waals surface area contributed by atoms with Crippen LogP contribution in [-0.4, -0.2) is 63.6 Å². The molecule has 0 rings (SSSR count). The van der Waals surface area contributed by atoms with Gasteiger partial charge in [0.05, 0.1) is 0 Å². The van der Waals surface area contributed by atoms with Gasteiger partial charge in [0, 0.05) is 20.8 Å². The molecule has 0 atom stereocenters. The molecular weight excluding hydrogens is 298 g/mol. The van der Waals surface area contributed by atoms with Gasteiger partial charge >= 0.3 is 42.5 Å². The topological polar surface area (TPSA) is 192 Å². The Bertz CT molecular complexity index is 214. The fourth-order valence-electron chi connectivity index (χ4n) is 0. The fraction of sp³-hybridized carbons (Fsp3) is 0. The van der Waals surface area contributed by atoms with Crippen molar-refractivity contribution in [3.05, 3.63) is 0 Å². The second-order valence-corrected chi connectivity index (χ2v) is 2.45. The minimum Gasteiger partial charge on any atom is -0.759 e. The summed E-state index contributed by atoms with van der Waals surface area (Å²) in [6, 6.07) is 0. The van der Waals surface area contributed by atoms with Crippen LogP contribution in [0, 0.1) is 0 Å². The molecule has 0 saturated heterocycles. The smallest absolute Gasteiger partial charge is 0.759 e. The molecule has 72 valence electrons. The van der Waals surface area contributed by atoms with Crippen molar-refractivity contribution >= 4 is 43.9 Å². The summed E-state index contributed by atoms with van der Waals surface area (Å²) in [6.45, 7) is 0. The van der Waals surface area contributed by atoms with Crippen LogP contribution in [0.3, 0.4) is 0 Å². The van der Waals surface area contributed by atoms with E-state index in [-0.39, 0.29) is 48.0 Å². The molecule has 13 heteroatoms. The first-order valence-electron chi connectivity index (χ1n) is 1.33. The molecule has 0 amide bonds. The minimum absolute atomic E-state index is 0. The molecule has 0 aromatic heterocycles. The van der Waals surface area contributed by atoms with E-state index in [0.717, 1.165) is 0 Å². The summed E-state index contributed by atoms with van der Waals surface area (Å²) >= 11 is 0. The van der Waals surface area contributed by atoms with Gasteiger partial charge in [-0.25, -0.2) is 0 Å². The van der Waals surface area contributed by atoms with E-state index in [1.165, 1.54) is 0 Å². The summed E-state index contributed by atoms with van der Waals surface area (Å²) in [5, 5.41) is 0. The van der Waals surface area contributed by atoms with Crippen molar-refractivity contribution < 1.29 is 60.0 Å². The Morgan fingerprint density at radius 2 is 0.692 bits per heavy atom. The third-order valence-electron chi connectivity index (χ3n) is 0. The van der Waals surface area contributed by atoms with E-state index in [2.05, 4.69) is 0 Å². The average molecular weight is 300 g/mol. The van der Waals surface area contributed by atoms with Crippen LogP contribution in [0.2, 0.25) is 0 Å². The molecule has 0 spiro atoms. The van der Waals surface area contributed by atoms with Gasteiger partial charge in [0.25, 0.3) is 0 Å². The molecule has 2 N–H and O–H groups in total. The maximum absolute atomic E-state index is 8.52. The molecule has 0 heterocycles. The largest absolute Gasteiger partial charge is 2.00 e. The van der Waals surface area contributed by atoms with Gasteiger partial charge in [0.2, 0.25) is 0 Å². The molecule has 13 heavy (non-hydrogen) atoms. The third-order valence-corrected chi connectivity index (χ3v) is 0. The first-order chi connectivity index (χ1) is 4.00. The number of hydrogen-bond acceptors (Lipinski definition) is 8. The molecule has 9 nitrogen and oxygen atoms in total. The molecule has 0 fully saturated rings. The van der Waals surface area contributed by atoms with E-state index in [1.807, 2.05) is 0 Å². The predicted octanol–water partition coefficient (Wildman–Crippen LogP) is -3.88.